The molecule has 1 aromatic carbocycles. The maximum atomic E-state index is 12.0. The average molecular weight is 244 g/mol. The molecule has 1 fully saturated rings. The van der Waals surface area contributed by atoms with Crippen molar-refractivity contribution in [3.8, 4) is 0 Å². The highest BCUT2D eigenvalue weighted by Crippen LogP contribution is 2.30. The van der Waals surface area contributed by atoms with Crippen LogP contribution in [-0.4, -0.2) is 23.5 Å². The van der Waals surface area contributed by atoms with Crippen LogP contribution in [0.1, 0.15) is 5.56 Å². The fourth-order valence-electron chi connectivity index (χ4n) is 2.36. The molecule has 1 aromatic heterocycles. The van der Waals surface area contributed by atoms with Crippen molar-refractivity contribution in [3.63, 3.8) is 0 Å². The number of H-pyrrole nitrogens is 1. The standard InChI is InChI=1S/C12H12N4O2/c13-6-12(10(17)15-11(18)16-12)8-5-14-9-4-2-1-3-7(8)9/h1-5,14H,6,13H2,(H2,15,16,17,18). The van der Waals surface area contributed by atoms with Gasteiger partial charge in [-0.2, -0.15) is 0 Å². The smallest absolute Gasteiger partial charge is 0.322 e. The molecular formula is C12H12N4O2. The first kappa shape index (κ1) is 10.8. The molecule has 3 rings (SSSR count). The summed E-state index contributed by atoms with van der Waals surface area (Å²) in [6.45, 7) is 0.00637. The fraction of sp³-hybridized carbons (Fsp3) is 0.167. The lowest BCUT2D eigenvalue weighted by molar-refractivity contribution is -0.123. The van der Waals surface area contributed by atoms with Crippen molar-refractivity contribution >= 4 is 22.8 Å². The highest BCUT2D eigenvalue weighted by atomic mass is 16.2. The second-order valence-corrected chi connectivity index (χ2v) is 4.27. The molecule has 1 saturated heterocycles. The van der Waals surface area contributed by atoms with E-state index in [9.17, 15) is 9.59 Å². The Labute approximate surface area is 103 Å². The van der Waals surface area contributed by atoms with E-state index in [2.05, 4.69) is 15.6 Å². The van der Waals surface area contributed by atoms with Crippen LogP contribution >= 0.6 is 0 Å². The van der Waals surface area contributed by atoms with E-state index in [0.717, 1.165) is 10.9 Å². The van der Waals surface area contributed by atoms with Gasteiger partial charge in [-0.3, -0.25) is 10.1 Å². The SMILES string of the molecule is NCC1(c2c[nH]c3ccccc23)NC(=O)NC1=O. The first-order chi connectivity index (χ1) is 8.67. The van der Waals surface area contributed by atoms with Gasteiger partial charge in [0.1, 0.15) is 0 Å². The Morgan fingerprint density at radius 3 is 2.67 bits per heavy atom. The molecule has 0 bridgehead atoms. The second-order valence-electron chi connectivity index (χ2n) is 4.27. The summed E-state index contributed by atoms with van der Waals surface area (Å²) in [6.07, 6.45) is 1.71. The van der Waals surface area contributed by atoms with E-state index >= 15 is 0 Å². The first-order valence-electron chi connectivity index (χ1n) is 5.57. The van der Waals surface area contributed by atoms with Crippen LogP contribution in [0.5, 0.6) is 0 Å². The number of amides is 3. The number of carbonyl (C=O) groups is 2. The molecule has 6 heteroatoms. The summed E-state index contributed by atoms with van der Waals surface area (Å²) in [5.41, 5.74) is 6.11. The van der Waals surface area contributed by atoms with Crippen LogP contribution in [0.4, 0.5) is 4.79 Å². The van der Waals surface area contributed by atoms with Crippen LogP contribution < -0.4 is 16.4 Å². The molecule has 6 nitrogen and oxygen atoms in total. The Bertz CT molecular complexity index is 648. The minimum atomic E-state index is -1.18. The van der Waals surface area contributed by atoms with E-state index < -0.39 is 17.5 Å². The number of aromatic amines is 1. The molecule has 1 aliphatic heterocycles. The van der Waals surface area contributed by atoms with Crippen molar-refractivity contribution < 1.29 is 9.59 Å². The van der Waals surface area contributed by atoms with E-state index in [4.69, 9.17) is 5.73 Å². The van der Waals surface area contributed by atoms with Crippen molar-refractivity contribution in [2.75, 3.05) is 6.54 Å². The van der Waals surface area contributed by atoms with Crippen molar-refractivity contribution in [2.24, 2.45) is 5.73 Å². The summed E-state index contributed by atoms with van der Waals surface area (Å²) in [6, 6.07) is 7.04. The van der Waals surface area contributed by atoms with Crippen LogP contribution in [0.25, 0.3) is 10.9 Å². The van der Waals surface area contributed by atoms with E-state index in [-0.39, 0.29) is 6.54 Å². The van der Waals surface area contributed by atoms with Gasteiger partial charge in [-0.15, -0.1) is 0 Å². The number of nitrogens with one attached hydrogen (secondary N) is 3. The number of nitrogens with two attached hydrogens (primary N) is 1. The molecule has 0 spiro atoms. The summed E-state index contributed by atoms with van der Waals surface area (Å²) >= 11 is 0. The number of fused-ring (bicyclic) bond motifs is 1. The highest BCUT2D eigenvalue weighted by Gasteiger charge is 2.47. The molecule has 0 saturated carbocycles. The quantitative estimate of drug-likeness (QED) is 0.566. The minimum Gasteiger partial charge on any atom is -0.361 e. The molecule has 5 N–H and O–H groups in total. The van der Waals surface area contributed by atoms with E-state index in [0.29, 0.717) is 5.56 Å². The van der Waals surface area contributed by atoms with Crippen molar-refractivity contribution in [3.05, 3.63) is 36.0 Å². The van der Waals surface area contributed by atoms with Crippen molar-refractivity contribution in [2.45, 2.75) is 5.54 Å². The Morgan fingerprint density at radius 1 is 1.22 bits per heavy atom. The summed E-state index contributed by atoms with van der Waals surface area (Å²) in [7, 11) is 0. The maximum absolute atomic E-state index is 12.0. The monoisotopic (exact) mass is 244 g/mol. The summed E-state index contributed by atoms with van der Waals surface area (Å²) < 4.78 is 0. The predicted octanol–water partition coefficient (Wildman–Crippen LogP) is 0.161. The van der Waals surface area contributed by atoms with Crippen LogP contribution in [0.15, 0.2) is 30.5 Å². The molecular weight excluding hydrogens is 232 g/mol. The highest BCUT2D eigenvalue weighted by molar-refractivity contribution is 6.09. The molecule has 1 aliphatic rings. The number of imide groups is 1. The van der Waals surface area contributed by atoms with Gasteiger partial charge in [0, 0.05) is 29.2 Å². The Morgan fingerprint density at radius 2 is 2.00 bits per heavy atom. The number of carbonyl (C=O) groups excluding carboxylic acids is 2. The number of urea groups is 1. The largest absolute Gasteiger partial charge is 0.361 e. The summed E-state index contributed by atoms with van der Waals surface area (Å²) in [5.74, 6) is -0.417. The van der Waals surface area contributed by atoms with E-state index in [1.54, 1.807) is 6.20 Å². The molecule has 2 aromatic rings. The fourth-order valence-corrected chi connectivity index (χ4v) is 2.36. The van der Waals surface area contributed by atoms with Gasteiger partial charge in [-0.1, -0.05) is 18.2 Å². The number of para-hydroxylation sites is 1. The maximum Gasteiger partial charge on any atom is 0.322 e. The Kier molecular flexibility index (Phi) is 2.14. The van der Waals surface area contributed by atoms with E-state index in [1.165, 1.54) is 0 Å². The Balaban J connectivity index is 2.23. The van der Waals surface area contributed by atoms with Gasteiger partial charge in [0.25, 0.3) is 5.91 Å². The molecule has 2 heterocycles. The second kappa shape index (κ2) is 3.58. The van der Waals surface area contributed by atoms with Gasteiger partial charge in [-0.05, 0) is 6.07 Å². The number of benzene rings is 1. The lowest BCUT2D eigenvalue weighted by Gasteiger charge is -2.23. The lowest BCUT2D eigenvalue weighted by atomic mass is 9.90. The van der Waals surface area contributed by atoms with Gasteiger partial charge < -0.3 is 16.0 Å². The summed E-state index contributed by atoms with van der Waals surface area (Å²) in [5, 5.41) is 5.72. The lowest BCUT2D eigenvalue weighted by Crippen LogP contribution is -2.49. The molecule has 0 aliphatic carbocycles. The zero-order valence-corrected chi connectivity index (χ0v) is 9.49. The molecule has 1 atom stereocenters. The number of rotatable bonds is 2. The van der Waals surface area contributed by atoms with Crippen LogP contribution in [0.2, 0.25) is 0 Å². The summed E-state index contributed by atoms with van der Waals surface area (Å²) in [4.78, 5) is 26.4. The van der Waals surface area contributed by atoms with Gasteiger partial charge in [0.15, 0.2) is 5.54 Å². The average Bonchev–Trinajstić information content (AvgIpc) is 2.91. The van der Waals surface area contributed by atoms with Gasteiger partial charge in [-0.25, -0.2) is 4.79 Å². The number of hydrogen-bond donors (Lipinski definition) is 4. The zero-order valence-electron chi connectivity index (χ0n) is 9.49. The van der Waals surface area contributed by atoms with Gasteiger partial charge in [0.2, 0.25) is 0 Å². The normalized spacial score (nSPS) is 23.2. The van der Waals surface area contributed by atoms with Crippen LogP contribution in [0, 0.1) is 0 Å². The van der Waals surface area contributed by atoms with Crippen LogP contribution in [-0.2, 0) is 10.3 Å². The third-order valence-electron chi connectivity index (χ3n) is 3.30. The first-order valence-corrected chi connectivity index (χ1v) is 5.57. The molecule has 0 radical (unpaired) electrons. The third kappa shape index (κ3) is 1.26. The third-order valence-corrected chi connectivity index (χ3v) is 3.30. The Hall–Kier alpha value is -2.34. The topological polar surface area (TPSA) is 100 Å². The zero-order chi connectivity index (χ0) is 12.8. The number of hydrogen-bond acceptors (Lipinski definition) is 3. The van der Waals surface area contributed by atoms with Crippen LogP contribution in [0.3, 0.4) is 0 Å². The predicted molar refractivity (Wildman–Crippen MR) is 65.7 cm³/mol. The molecule has 1 unspecified atom stereocenters. The molecule has 3 amide bonds. The van der Waals surface area contributed by atoms with Crippen molar-refractivity contribution in [1.29, 1.82) is 0 Å². The van der Waals surface area contributed by atoms with Crippen molar-refractivity contribution in [1.82, 2.24) is 15.6 Å². The molecule has 18 heavy (non-hydrogen) atoms. The van der Waals surface area contributed by atoms with E-state index in [1.807, 2.05) is 24.3 Å². The van der Waals surface area contributed by atoms with Gasteiger partial charge >= 0.3 is 6.03 Å². The molecule has 92 valence electrons. The van der Waals surface area contributed by atoms with Gasteiger partial charge in [0.05, 0.1) is 0 Å². The number of aromatic nitrogens is 1. The minimum absolute atomic E-state index is 0.00637.